The van der Waals surface area contributed by atoms with Crippen LogP contribution in [0.2, 0.25) is 0 Å². The SMILES string of the molecule is CN(CCCl)S(=O)(=O)c1ccccc1C(F)(F)F. The Morgan fingerprint density at radius 3 is 2.33 bits per heavy atom. The number of halogens is 4. The van der Waals surface area contributed by atoms with E-state index in [1.807, 2.05) is 0 Å². The van der Waals surface area contributed by atoms with E-state index >= 15 is 0 Å². The summed E-state index contributed by atoms with van der Waals surface area (Å²) in [6, 6.07) is 4.06. The molecule has 0 aliphatic carbocycles. The van der Waals surface area contributed by atoms with Crippen molar-refractivity contribution < 1.29 is 21.6 Å². The highest BCUT2D eigenvalue weighted by Crippen LogP contribution is 2.34. The van der Waals surface area contributed by atoms with E-state index in [1.165, 1.54) is 13.1 Å². The molecule has 0 aliphatic heterocycles. The summed E-state index contributed by atoms with van der Waals surface area (Å²) in [5.74, 6) is 0.00388. The zero-order valence-electron chi connectivity index (χ0n) is 9.41. The molecule has 1 aromatic carbocycles. The van der Waals surface area contributed by atoms with E-state index in [2.05, 4.69) is 0 Å². The van der Waals surface area contributed by atoms with Crippen LogP contribution in [-0.4, -0.2) is 32.2 Å². The minimum absolute atomic E-state index is 0.00388. The maximum absolute atomic E-state index is 12.7. The Morgan fingerprint density at radius 2 is 1.83 bits per heavy atom. The second-order valence-electron chi connectivity index (χ2n) is 3.51. The smallest absolute Gasteiger partial charge is 0.207 e. The van der Waals surface area contributed by atoms with Gasteiger partial charge in [0.2, 0.25) is 10.0 Å². The van der Waals surface area contributed by atoms with Crippen molar-refractivity contribution in [2.24, 2.45) is 0 Å². The first-order chi connectivity index (χ1) is 8.21. The predicted octanol–water partition coefficient (Wildman–Crippen LogP) is 2.56. The Labute approximate surface area is 108 Å². The first-order valence-corrected chi connectivity index (χ1v) is 6.87. The highest BCUT2D eigenvalue weighted by Gasteiger charge is 2.37. The summed E-state index contributed by atoms with van der Waals surface area (Å²) in [7, 11) is -3.00. The fourth-order valence-electron chi connectivity index (χ4n) is 1.33. The minimum Gasteiger partial charge on any atom is -0.207 e. The van der Waals surface area contributed by atoms with Crippen LogP contribution in [0.15, 0.2) is 29.2 Å². The molecule has 18 heavy (non-hydrogen) atoms. The maximum atomic E-state index is 12.7. The Morgan fingerprint density at radius 1 is 1.28 bits per heavy atom. The third-order valence-electron chi connectivity index (χ3n) is 2.28. The topological polar surface area (TPSA) is 37.4 Å². The van der Waals surface area contributed by atoms with Gasteiger partial charge in [0.1, 0.15) is 0 Å². The van der Waals surface area contributed by atoms with Crippen molar-refractivity contribution in [3.63, 3.8) is 0 Å². The number of hydrogen-bond acceptors (Lipinski definition) is 2. The second kappa shape index (κ2) is 5.46. The molecule has 0 bridgehead atoms. The lowest BCUT2D eigenvalue weighted by Crippen LogP contribution is -2.30. The summed E-state index contributed by atoms with van der Waals surface area (Å²) in [5, 5.41) is 0. The average Bonchev–Trinajstić information content (AvgIpc) is 2.28. The molecule has 0 radical (unpaired) electrons. The molecule has 0 amide bonds. The van der Waals surface area contributed by atoms with Gasteiger partial charge in [0.05, 0.1) is 10.5 Å². The Bertz CT molecular complexity index is 516. The van der Waals surface area contributed by atoms with Gasteiger partial charge in [-0.1, -0.05) is 12.1 Å². The lowest BCUT2D eigenvalue weighted by atomic mass is 10.2. The van der Waals surface area contributed by atoms with Crippen LogP contribution in [0.4, 0.5) is 13.2 Å². The van der Waals surface area contributed by atoms with Crippen molar-refractivity contribution in [2.75, 3.05) is 19.5 Å². The van der Waals surface area contributed by atoms with Crippen LogP contribution in [0.1, 0.15) is 5.56 Å². The average molecular weight is 302 g/mol. The van der Waals surface area contributed by atoms with Gasteiger partial charge < -0.3 is 0 Å². The fraction of sp³-hybridized carbons (Fsp3) is 0.400. The van der Waals surface area contributed by atoms with E-state index < -0.39 is 26.7 Å². The van der Waals surface area contributed by atoms with Crippen molar-refractivity contribution in [2.45, 2.75) is 11.1 Å². The summed E-state index contributed by atoms with van der Waals surface area (Å²) in [6.45, 7) is -0.0594. The fourth-order valence-corrected chi connectivity index (χ4v) is 3.07. The molecule has 0 fully saturated rings. The van der Waals surface area contributed by atoms with Crippen molar-refractivity contribution in [3.8, 4) is 0 Å². The summed E-state index contributed by atoms with van der Waals surface area (Å²) >= 11 is 5.39. The quantitative estimate of drug-likeness (QED) is 0.802. The molecule has 0 aromatic heterocycles. The van der Waals surface area contributed by atoms with Gasteiger partial charge in [0.25, 0.3) is 0 Å². The van der Waals surface area contributed by atoms with Crippen LogP contribution in [0.5, 0.6) is 0 Å². The van der Waals surface area contributed by atoms with Crippen molar-refractivity contribution >= 4 is 21.6 Å². The molecular weight excluding hydrogens is 291 g/mol. The van der Waals surface area contributed by atoms with E-state index in [-0.39, 0.29) is 12.4 Å². The van der Waals surface area contributed by atoms with Crippen molar-refractivity contribution in [3.05, 3.63) is 29.8 Å². The van der Waals surface area contributed by atoms with Gasteiger partial charge in [0.15, 0.2) is 0 Å². The molecule has 1 rings (SSSR count). The summed E-state index contributed by atoms with van der Waals surface area (Å²) in [5.41, 5.74) is -1.17. The van der Waals surface area contributed by atoms with Crippen LogP contribution in [0.3, 0.4) is 0 Å². The van der Waals surface area contributed by atoms with E-state index in [0.717, 1.165) is 22.5 Å². The number of rotatable bonds is 4. The van der Waals surface area contributed by atoms with Crippen LogP contribution in [0, 0.1) is 0 Å². The minimum atomic E-state index is -4.72. The van der Waals surface area contributed by atoms with Gasteiger partial charge in [-0.2, -0.15) is 17.5 Å². The van der Waals surface area contributed by atoms with E-state index in [4.69, 9.17) is 11.6 Å². The lowest BCUT2D eigenvalue weighted by Gasteiger charge is -2.19. The van der Waals surface area contributed by atoms with Gasteiger partial charge in [-0.3, -0.25) is 0 Å². The summed E-state index contributed by atoms with van der Waals surface area (Å²) in [4.78, 5) is -0.759. The molecule has 102 valence electrons. The van der Waals surface area contributed by atoms with Gasteiger partial charge in [-0.05, 0) is 12.1 Å². The van der Waals surface area contributed by atoms with E-state index in [9.17, 15) is 21.6 Å². The van der Waals surface area contributed by atoms with Gasteiger partial charge in [-0.15, -0.1) is 11.6 Å². The first-order valence-electron chi connectivity index (χ1n) is 4.90. The highest BCUT2D eigenvalue weighted by atomic mass is 35.5. The van der Waals surface area contributed by atoms with Gasteiger partial charge >= 0.3 is 6.18 Å². The third-order valence-corrected chi connectivity index (χ3v) is 4.36. The highest BCUT2D eigenvalue weighted by molar-refractivity contribution is 7.89. The normalized spacial score (nSPS) is 13.0. The maximum Gasteiger partial charge on any atom is 0.417 e. The Hall–Kier alpha value is -0.790. The van der Waals surface area contributed by atoms with E-state index in [1.54, 1.807) is 0 Å². The molecule has 0 N–H and O–H groups in total. The van der Waals surface area contributed by atoms with Crippen molar-refractivity contribution in [1.82, 2.24) is 4.31 Å². The Balaban J connectivity index is 3.34. The largest absolute Gasteiger partial charge is 0.417 e. The molecular formula is C10H11ClF3NO2S. The molecule has 0 heterocycles. The van der Waals surface area contributed by atoms with Crippen LogP contribution >= 0.6 is 11.6 Å². The number of alkyl halides is 4. The summed E-state index contributed by atoms with van der Waals surface area (Å²) in [6.07, 6.45) is -4.72. The van der Waals surface area contributed by atoms with Crippen LogP contribution in [0.25, 0.3) is 0 Å². The predicted molar refractivity (Wildman–Crippen MR) is 62.0 cm³/mol. The van der Waals surface area contributed by atoms with E-state index in [0.29, 0.717) is 0 Å². The molecule has 0 unspecified atom stereocenters. The standard InChI is InChI=1S/C10H11ClF3NO2S/c1-15(7-6-11)18(16,17)9-5-3-2-4-8(9)10(12,13)14/h2-5H,6-7H2,1H3. The Kier molecular flexibility index (Phi) is 4.63. The molecule has 0 atom stereocenters. The number of hydrogen-bond donors (Lipinski definition) is 0. The number of benzene rings is 1. The molecule has 0 aliphatic rings. The molecule has 0 spiro atoms. The third kappa shape index (κ3) is 3.15. The number of nitrogens with zero attached hydrogens (tertiary/aromatic N) is 1. The molecule has 0 saturated carbocycles. The molecule has 8 heteroatoms. The monoisotopic (exact) mass is 301 g/mol. The zero-order chi connectivity index (χ0) is 14.0. The lowest BCUT2D eigenvalue weighted by molar-refractivity contribution is -0.139. The molecule has 0 saturated heterocycles. The summed E-state index contributed by atoms with van der Waals surface area (Å²) < 4.78 is 62.9. The second-order valence-corrected chi connectivity index (χ2v) is 5.90. The van der Waals surface area contributed by atoms with Gasteiger partial charge in [0, 0.05) is 19.5 Å². The van der Waals surface area contributed by atoms with Crippen LogP contribution < -0.4 is 0 Å². The van der Waals surface area contributed by atoms with Gasteiger partial charge in [-0.25, -0.2) is 8.42 Å². The first kappa shape index (κ1) is 15.3. The number of sulfonamides is 1. The molecule has 1 aromatic rings. The van der Waals surface area contributed by atoms with Crippen LogP contribution in [-0.2, 0) is 16.2 Å². The zero-order valence-corrected chi connectivity index (χ0v) is 11.0. The molecule has 3 nitrogen and oxygen atoms in total. The van der Waals surface area contributed by atoms with Crippen molar-refractivity contribution in [1.29, 1.82) is 0 Å².